The second-order valence-corrected chi connectivity index (χ2v) is 2.47. The first-order valence-electron chi connectivity index (χ1n) is 2.98. The van der Waals surface area contributed by atoms with Crippen molar-refractivity contribution in [2.45, 2.75) is 6.92 Å². The van der Waals surface area contributed by atoms with Crippen molar-refractivity contribution in [3.63, 3.8) is 0 Å². The Hall–Kier alpha value is -0.820. The van der Waals surface area contributed by atoms with Gasteiger partial charge in [-0.3, -0.25) is 4.98 Å². The Labute approximate surface area is 65.4 Å². The minimum atomic E-state index is 0.653. The van der Waals surface area contributed by atoms with E-state index in [0.29, 0.717) is 5.02 Å². The maximum absolute atomic E-state index is 5.69. The Morgan fingerprint density at radius 2 is 2.40 bits per heavy atom. The molecule has 1 nitrogen and oxygen atoms in total. The highest BCUT2D eigenvalue weighted by Crippen LogP contribution is 2.12. The van der Waals surface area contributed by atoms with Crippen molar-refractivity contribution in [3.8, 4) is 0 Å². The fraction of sp³-hybridized carbons (Fsp3) is 0.125. The predicted octanol–water partition coefficient (Wildman–Crippen LogP) is 2.69. The topological polar surface area (TPSA) is 12.9 Å². The van der Waals surface area contributed by atoms with Gasteiger partial charge in [-0.1, -0.05) is 24.3 Å². The molecule has 1 aromatic heterocycles. The summed E-state index contributed by atoms with van der Waals surface area (Å²) in [5.41, 5.74) is 1.95. The predicted molar refractivity (Wildman–Crippen MR) is 44.1 cm³/mol. The fourth-order valence-corrected chi connectivity index (χ4v) is 0.896. The van der Waals surface area contributed by atoms with Gasteiger partial charge in [0.1, 0.15) is 0 Å². The summed E-state index contributed by atoms with van der Waals surface area (Å²) in [6.07, 6.45) is 3.37. The third-order valence-electron chi connectivity index (χ3n) is 1.31. The van der Waals surface area contributed by atoms with Crippen LogP contribution in [-0.2, 0) is 0 Å². The van der Waals surface area contributed by atoms with Crippen molar-refractivity contribution < 1.29 is 0 Å². The molecule has 0 unspecified atom stereocenters. The van der Waals surface area contributed by atoms with Crippen LogP contribution < -0.4 is 0 Å². The van der Waals surface area contributed by atoms with Crippen molar-refractivity contribution in [1.29, 1.82) is 0 Å². The zero-order valence-corrected chi connectivity index (χ0v) is 6.52. The molecule has 0 fully saturated rings. The summed E-state index contributed by atoms with van der Waals surface area (Å²) in [5.74, 6) is 0. The first-order valence-corrected chi connectivity index (χ1v) is 3.36. The molecule has 0 radical (unpaired) electrons. The third kappa shape index (κ3) is 1.36. The molecule has 0 aliphatic rings. The lowest BCUT2D eigenvalue weighted by Crippen LogP contribution is -1.84. The smallest absolute Gasteiger partial charge is 0.0595 e. The van der Waals surface area contributed by atoms with Gasteiger partial charge in [-0.05, 0) is 18.6 Å². The van der Waals surface area contributed by atoms with Gasteiger partial charge in [0.15, 0.2) is 0 Å². The molecule has 0 spiro atoms. The van der Waals surface area contributed by atoms with Crippen LogP contribution in [0.2, 0.25) is 5.02 Å². The molecule has 1 heterocycles. The van der Waals surface area contributed by atoms with E-state index in [1.165, 1.54) is 0 Å². The van der Waals surface area contributed by atoms with Gasteiger partial charge in [0.05, 0.1) is 5.02 Å². The number of halogens is 1. The Morgan fingerprint density at radius 3 is 2.90 bits per heavy atom. The molecule has 0 N–H and O–H groups in total. The number of rotatable bonds is 1. The lowest BCUT2D eigenvalue weighted by atomic mass is 10.2. The van der Waals surface area contributed by atoms with E-state index < -0.39 is 0 Å². The van der Waals surface area contributed by atoms with E-state index >= 15 is 0 Å². The average Bonchev–Trinajstić information content (AvgIpc) is 1.94. The number of hydrogen-bond acceptors (Lipinski definition) is 1. The first kappa shape index (κ1) is 7.29. The SMILES string of the molecule is C=Cc1cc(Cl)cnc1C. The van der Waals surface area contributed by atoms with E-state index in [2.05, 4.69) is 11.6 Å². The molecule has 1 aromatic rings. The molecule has 1 rings (SSSR count). The number of aryl methyl sites for hydroxylation is 1. The molecule has 52 valence electrons. The number of hydrogen-bond donors (Lipinski definition) is 0. The van der Waals surface area contributed by atoms with E-state index in [-0.39, 0.29) is 0 Å². The molecule has 0 bridgehead atoms. The Kier molecular flexibility index (Phi) is 2.07. The second kappa shape index (κ2) is 2.84. The summed E-state index contributed by atoms with van der Waals surface area (Å²) < 4.78 is 0. The standard InChI is InChI=1S/C8H8ClN/c1-3-7-4-8(9)5-10-6(7)2/h3-5H,1H2,2H3. The summed E-state index contributed by atoms with van der Waals surface area (Å²) in [7, 11) is 0. The van der Waals surface area contributed by atoms with E-state index in [9.17, 15) is 0 Å². The highest BCUT2D eigenvalue weighted by Gasteiger charge is 1.94. The van der Waals surface area contributed by atoms with Crippen LogP contribution in [0.1, 0.15) is 11.3 Å². The maximum Gasteiger partial charge on any atom is 0.0595 e. The number of pyridine rings is 1. The van der Waals surface area contributed by atoms with Gasteiger partial charge in [0.2, 0.25) is 0 Å². The van der Waals surface area contributed by atoms with Crippen LogP contribution >= 0.6 is 11.6 Å². The molecular weight excluding hydrogens is 146 g/mol. The van der Waals surface area contributed by atoms with Crippen LogP contribution in [0.5, 0.6) is 0 Å². The van der Waals surface area contributed by atoms with Crippen molar-refractivity contribution in [3.05, 3.63) is 35.1 Å². The molecule has 0 aromatic carbocycles. The summed E-state index contributed by atoms with van der Waals surface area (Å²) in [5, 5.41) is 0.653. The number of aromatic nitrogens is 1. The van der Waals surface area contributed by atoms with Crippen molar-refractivity contribution in [1.82, 2.24) is 4.98 Å². The van der Waals surface area contributed by atoms with Crippen LogP contribution in [0, 0.1) is 6.92 Å². The van der Waals surface area contributed by atoms with Crippen molar-refractivity contribution >= 4 is 17.7 Å². The first-order chi connectivity index (χ1) is 4.74. The molecule has 2 heteroatoms. The van der Waals surface area contributed by atoms with Gasteiger partial charge in [-0.15, -0.1) is 0 Å². The maximum atomic E-state index is 5.69. The van der Waals surface area contributed by atoms with E-state index in [1.807, 2.05) is 13.0 Å². The van der Waals surface area contributed by atoms with E-state index in [1.54, 1.807) is 12.3 Å². The van der Waals surface area contributed by atoms with Gasteiger partial charge in [0.25, 0.3) is 0 Å². The molecule has 0 atom stereocenters. The molecule has 0 aliphatic heterocycles. The summed E-state index contributed by atoms with van der Waals surface area (Å²) in [6.45, 7) is 5.56. The zero-order chi connectivity index (χ0) is 7.56. The monoisotopic (exact) mass is 153 g/mol. The average molecular weight is 154 g/mol. The zero-order valence-electron chi connectivity index (χ0n) is 5.76. The highest BCUT2D eigenvalue weighted by molar-refractivity contribution is 6.30. The fourth-order valence-electron chi connectivity index (χ4n) is 0.730. The van der Waals surface area contributed by atoms with Crippen molar-refractivity contribution in [2.75, 3.05) is 0 Å². The van der Waals surface area contributed by atoms with E-state index in [4.69, 9.17) is 11.6 Å². The van der Waals surface area contributed by atoms with Gasteiger partial charge in [-0.2, -0.15) is 0 Å². The number of nitrogens with zero attached hydrogens (tertiary/aromatic N) is 1. The largest absolute Gasteiger partial charge is 0.259 e. The van der Waals surface area contributed by atoms with Crippen LogP contribution in [0.25, 0.3) is 6.08 Å². The van der Waals surface area contributed by atoms with Crippen LogP contribution in [0.4, 0.5) is 0 Å². The molecule has 0 amide bonds. The molecule has 0 saturated carbocycles. The minimum Gasteiger partial charge on any atom is -0.259 e. The Morgan fingerprint density at radius 1 is 1.70 bits per heavy atom. The molecular formula is C8H8ClN. The Bertz CT molecular complexity index is 255. The van der Waals surface area contributed by atoms with Gasteiger partial charge in [0, 0.05) is 11.9 Å². The molecule has 0 saturated heterocycles. The lowest BCUT2D eigenvalue weighted by molar-refractivity contribution is 1.19. The summed E-state index contributed by atoms with van der Waals surface area (Å²) in [6, 6.07) is 1.84. The van der Waals surface area contributed by atoms with Gasteiger partial charge < -0.3 is 0 Å². The highest BCUT2D eigenvalue weighted by atomic mass is 35.5. The van der Waals surface area contributed by atoms with Gasteiger partial charge >= 0.3 is 0 Å². The summed E-state index contributed by atoms with van der Waals surface area (Å²) in [4.78, 5) is 4.05. The molecule has 0 aliphatic carbocycles. The van der Waals surface area contributed by atoms with Crippen LogP contribution in [0.15, 0.2) is 18.8 Å². The second-order valence-electron chi connectivity index (χ2n) is 2.03. The normalized spacial score (nSPS) is 9.40. The third-order valence-corrected chi connectivity index (χ3v) is 1.52. The quantitative estimate of drug-likeness (QED) is 0.605. The Balaban J connectivity index is 3.21. The van der Waals surface area contributed by atoms with Gasteiger partial charge in [-0.25, -0.2) is 0 Å². The summed E-state index contributed by atoms with van der Waals surface area (Å²) >= 11 is 5.69. The molecule has 10 heavy (non-hydrogen) atoms. The van der Waals surface area contributed by atoms with E-state index in [0.717, 1.165) is 11.3 Å². The van der Waals surface area contributed by atoms with Crippen LogP contribution in [0.3, 0.4) is 0 Å². The van der Waals surface area contributed by atoms with Crippen molar-refractivity contribution in [2.24, 2.45) is 0 Å². The lowest BCUT2D eigenvalue weighted by Gasteiger charge is -1.97. The van der Waals surface area contributed by atoms with Crippen LogP contribution in [-0.4, -0.2) is 4.98 Å². The minimum absolute atomic E-state index is 0.653.